The van der Waals surface area contributed by atoms with Crippen LogP contribution in [-0.4, -0.2) is 36.2 Å². The molecule has 1 amide bonds. The van der Waals surface area contributed by atoms with Gasteiger partial charge in [-0.2, -0.15) is 0 Å². The van der Waals surface area contributed by atoms with E-state index >= 15 is 0 Å². The molecule has 98 valence electrons. The Kier molecular flexibility index (Phi) is 5.26. The predicted molar refractivity (Wildman–Crippen MR) is 61.4 cm³/mol. The van der Waals surface area contributed by atoms with E-state index in [0.29, 0.717) is 0 Å². The molecule has 1 atom stereocenters. The summed E-state index contributed by atoms with van der Waals surface area (Å²) in [7, 11) is 0. The molecule has 0 aliphatic rings. The van der Waals surface area contributed by atoms with E-state index in [-0.39, 0.29) is 12.2 Å². The van der Waals surface area contributed by atoms with Gasteiger partial charge < -0.3 is 15.2 Å². The second-order valence-corrected chi connectivity index (χ2v) is 3.44. The van der Waals surface area contributed by atoms with E-state index in [1.807, 2.05) is 0 Å². The Labute approximate surface area is 104 Å². The lowest BCUT2D eigenvalue weighted by Crippen LogP contribution is -2.44. The number of hydrogen-bond donors (Lipinski definition) is 2. The highest BCUT2D eigenvalue weighted by Gasteiger charge is 2.22. The molecule has 1 aromatic carbocycles. The lowest BCUT2D eigenvalue weighted by atomic mass is 10.2. The van der Waals surface area contributed by atoms with Crippen molar-refractivity contribution in [2.45, 2.75) is 13.0 Å². The van der Waals surface area contributed by atoms with Gasteiger partial charge in [-0.1, -0.05) is 12.1 Å². The molecule has 0 saturated carbocycles. The van der Waals surface area contributed by atoms with Gasteiger partial charge in [-0.25, -0.2) is 9.18 Å². The molecule has 0 aromatic heterocycles. The van der Waals surface area contributed by atoms with Crippen LogP contribution in [0.3, 0.4) is 0 Å². The molecule has 1 aromatic rings. The molecule has 5 nitrogen and oxygen atoms in total. The van der Waals surface area contributed by atoms with Crippen LogP contribution in [0.15, 0.2) is 24.3 Å². The lowest BCUT2D eigenvalue weighted by Gasteiger charge is -2.14. The number of hydrogen-bond acceptors (Lipinski definition) is 4. The molecule has 0 fully saturated rings. The Morgan fingerprint density at radius 1 is 1.44 bits per heavy atom. The van der Waals surface area contributed by atoms with Gasteiger partial charge in [0.05, 0.1) is 18.8 Å². The van der Waals surface area contributed by atoms with Crippen LogP contribution in [0.5, 0.6) is 0 Å². The molecular formula is C12H14FNO4. The van der Waals surface area contributed by atoms with E-state index in [4.69, 9.17) is 5.11 Å². The number of ether oxygens (including phenoxy) is 1. The van der Waals surface area contributed by atoms with Crippen LogP contribution in [0, 0.1) is 5.82 Å². The van der Waals surface area contributed by atoms with Gasteiger partial charge >= 0.3 is 5.97 Å². The Morgan fingerprint density at radius 2 is 2.11 bits per heavy atom. The predicted octanol–water partition coefficient (Wildman–Crippen LogP) is 0.479. The zero-order chi connectivity index (χ0) is 13.5. The van der Waals surface area contributed by atoms with E-state index in [1.54, 1.807) is 6.92 Å². The number of halogens is 1. The third-order valence-corrected chi connectivity index (χ3v) is 2.18. The summed E-state index contributed by atoms with van der Waals surface area (Å²) in [4.78, 5) is 23.0. The minimum atomic E-state index is -1.20. The van der Waals surface area contributed by atoms with Crippen LogP contribution in [-0.2, 0) is 9.53 Å². The number of aliphatic hydroxyl groups excluding tert-OH is 1. The molecule has 0 saturated heterocycles. The molecule has 2 N–H and O–H groups in total. The first-order valence-corrected chi connectivity index (χ1v) is 5.43. The largest absolute Gasteiger partial charge is 0.464 e. The Bertz CT molecular complexity index is 436. The van der Waals surface area contributed by atoms with Crippen LogP contribution in [0.25, 0.3) is 0 Å². The fraction of sp³-hybridized carbons (Fsp3) is 0.333. The highest BCUT2D eigenvalue weighted by atomic mass is 19.1. The van der Waals surface area contributed by atoms with Crippen molar-refractivity contribution >= 4 is 11.9 Å². The van der Waals surface area contributed by atoms with Crippen molar-refractivity contribution in [1.82, 2.24) is 5.32 Å². The summed E-state index contributed by atoms with van der Waals surface area (Å²) in [6, 6.07) is 4.16. The maximum atomic E-state index is 13.3. The highest BCUT2D eigenvalue weighted by Crippen LogP contribution is 2.06. The van der Waals surface area contributed by atoms with E-state index in [9.17, 15) is 14.0 Å². The zero-order valence-corrected chi connectivity index (χ0v) is 9.85. The van der Waals surface area contributed by atoms with E-state index in [1.165, 1.54) is 18.2 Å². The molecule has 1 rings (SSSR count). The number of rotatable bonds is 5. The number of amides is 1. The van der Waals surface area contributed by atoms with Gasteiger partial charge in [-0.3, -0.25) is 4.79 Å². The minimum absolute atomic E-state index is 0.130. The van der Waals surface area contributed by atoms with Gasteiger partial charge in [0.25, 0.3) is 5.91 Å². The number of esters is 1. The SMILES string of the molecule is CCOC(=O)[C@H](CO)NC(=O)c1ccccc1F. The first kappa shape index (κ1) is 14.1. The summed E-state index contributed by atoms with van der Waals surface area (Å²) in [6.07, 6.45) is 0. The second kappa shape index (κ2) is 6.70. The van der Waals surface area contributed by atoms with Crippen LogP contribution < -0.4 is 5.32 Å². The monoisotopic (exact) mass is 255 g/mol. The molecule has 0 unspecified atom stereocenters. The lowest BCUT2D eigenvalue weighted by molar-refractivity contribution is -0.146. The third kappa shape index (κ3) is 3.53. The van der Waals surface area contributed by atoms with Crippen LogP contribution in [0.4, 0.5) is 4.39 Å². The maximum absolute atomic E-state index is 13.3. The Hall–Kier alpha value is -1.95. The first-order chi connectivity index (χ1) is 8.60. The fourth-order valence-corrected chi connectivity index (χ4v) is 1.30. The molecule has 0 heterocycles. The fourth-order valence-electron chi connectivity index (χ4n) is 1.30. The minimum Gasteiger partial charge on any atom is -0.464 e. The number of nitrogens with one attached hydrogen (secondary N) is 1. The van der Waals surface area contributed by atoms with E-state index in [0.717, 1.165) is 6.07 Å². The van der Waals surface area contributed by atoms with Crippen LogP contribution in [0.1, 0.15) is 17.3 Å². The average Bonchev–Trinajstić information content (AvgIpc) is 2.36. The van der Waals surface area contributed by atoms with Crippen molar-refractivity contribution in [3.05, 3.63) is 35.6 Å². The quantitative estimate of drug-likeness (QED) is 0.750. The molecule has 6 heteroatoms. The van der Waals surface area contributed by atoms with Gasteiger partial charge in [0.15, 0.2) is 6.04 Å². The summed E-state index contributed by atoms with van der Waals surface area (Å²) in [5, 5.41) is 11.2. The third-order valence-electron chi connectivity index (χ3n) is 2.18. The Morgan fingerprint density at radius 3 is 2.67 bits per heavy atom. The van der Waals surface area contributed by atoms with Gasteiger partial charge in [-0.05, 0) is 19.1 Å². The number of carbonyl (C=O) groups excluding carboxylic acids is 2. The summed E-state index contributed by atoms with van der Waals surface area (Å²) >= 11 is 0. The van der Waals surface area contributed by atoms with Crippen molar-refractivity contribution in [3.8, 4) is 0 Å². The van der Waals surface area contributed by atoms with Gasteiger partial charge in [0.1, 0.15) is 5.82 Å². The van der Waals surface area contributed by atoms with Gasteiger partial charge in [-0.15, -0.1) is 0 Å². The molecule has 0 aliphatic heterocycles. The number of benzene rings is 1. The molecule has 18 heavy (non-hydrogen) atoms. The highest BCUT2D eigenvalue weighted by molar-refractivity contribution is 5.97. The summed E-state index contributed by atoms with van der Waals surface area (Å²) < 4.78 is 18.0. The molecule has 0 aliphatic carbocycles. The number of carbonyl (C=O) groups is 2. The summed E-state index contributed by atoms with van der Waals surface area (Å²) in [5.74, 6) is -2.24. The first-order valence-electron chi connectivity index (χ1n) is 5.43. The van der Waals surface area contributed by atoms with Gasteiger partial charge in [0.2, 0.25) is 0 Å². The molecule has 0 radical (unpaired) electrons. The standard InChI is InChI=1S/C12H14FNO4/c1-2-18-12(17)10(7-15)14-11(16)8-5-3-4-6-9(8)13/h3-6,10,15H,2,7H2,1H3,(H,14,16)/t10-/m0/s1. The van der Waals surface area contributed by atoms with Crippen molar-refractivity contribution in [2.75, 3.05) is 13.2 Å². The van der Waals surface area contributed by atoms with E-state index in [2.05, 4.69) is 10.1 Å². The molecule has 0 bridgehead atoms. The smallest absolute Gasteiger partial charge is 0.331 e. The Balaban J connectivity index is 2.74. The van der Waals surface area contributed by atoms with E-state index < -0.39 is 30.3 Å². The molecule has 0 spiro atoms. The average molecular weight is 255 g/mol. The number of aliphatic hydroxyl groups is 1. The summed E-state index contributed by atoms with van der Waals surface area (Å²) in [6.45, 7) is 1.12. The van der Waals surface area contributed by atoms with Crippen molar-refractivity contribution < 1.29 is 23.8 Å². The van der Waals surface area contributed by atoms with Crippen molar-refractivity contribution in [2.24, 2.45) is 0 Å². The second-order valence-electron chi connectivity index (χ2n) is 3.44. The van der Waals surface area contributed by atoms with Crippen molar-refractivity contribution in [1.29, 1.82) is 0 Å². The molecular weight excluding hydrogens is 241 g/mol. The topological polar surface area (TPSA) is 75.6 Å². The van der Waals surface area contributed by atoms with Crippen LogP contribution >= 0.6 is 0 Å². The summed E-state index contributed by atoms with van der Waals surface area (Å²) in [5.41, 5.74) is -0.194. The maximum Gasteiger partial charge on any atom is 0.331 e. The normalized spacial score (nSPS) is 11.7. The van der Waals surface area contributed by atoms with Gasteiger partial charge in [0, 0.05) is 0 Å². The van der Waals surface area contributed by atoms with Crippen molar-refractivity contribution in [3.63, 3.8) is 0 Å². The zero-order valence-electron chi connectivity index (χ0n) is 9.85. The van der Waals surface area contributed by atoms with Crippen LogP contribution in [0.2, 0.25) is 0 Å².